The Hall–Kier alpha value is 0.250. The summed E-state index contributed by atoms with van der Waals surface area (Å²) >= 11 is 0. The minimum absolute atomic E-state index is 0. The van der Waals surface area contributed by atoms with Gasteiger partial charge in [-0.15, -0.1) is 0 Å². The molecule has 1 saturated heterocycles. The molecule has 1 atom stereocenters. The molecule has 0 aliphatic carbocycles. The molecule has 0 bridgehead atoms. The van der Waals surface area contributed by atoms with Gasteiger partial charge in [0.15, 0.2) is 0 Å². The summed E-state index contributed by atoms with van der Waals surface area (Å²) in [4.78, 5) is 0. The van der Waals surface area contributed by atoms with Gasteiger partial charge in [0.05, 0.1) is 26.7 Å². The average molecular weight is 276 g/mol. The Morgan fingerprint density at radius 1 is 0.667 bits per heavy atom. The zero-order valence-corrected chi connectivity index (χ0v) is 13.6. The molecular formula is C16H34ClN. The Morgan fingerprint density at radius 2 is 1.06 bits per heavy atom. The van der Waals surface area contributed by atoms with Crippen molar-refractivity contribution < 1.29 is 16.9 Å². The van der Waals surface area contributed by atoms with E-state index in [0.717, 1.165) is 6.04 Å². The van der Waals surface area contributed by atoms with E-state index in [-0.39, 0.29) is 12.4 Å². The van der Waals surface area contributed by atoms with Gasteiger partial charge in [-0.2, -0.15) is 0 Å². The first-order valence-corrected chi connectivity index (χ1v) is 7.95. The summed E-state index contributed by atoms with van der Waals surface area (Å²) in [7, 11) is 4.85. The molecule has 2 heteroatoms. The molecule has 110 valence electrons. The van der Waals surface area contributed by atoms with Gasteiger partial charge in [0.2, 0.25) is 0 Å². The van der Waals surface area contributed by atoms with Crippen LogP contribution in [0.4, 0.5) is 0 Å². The molecule has 1 aliphatic rings. The summed E-state index contributed by atoms with van der Waals surface area (Å²) in [6, 6.07) is 0.845. The van der Waals surface area contributed by atoms with E-state index in [1.165, 1.54) is 81.7 Å². The van der Waals surface area contributed by atoms with Crippen LogP contribution in [-0.2, 0) is 0 Å². The van der Waals surface area contributed by atoms with Crippen LogP contribution in [0.3, 0.4) is 0 Å². The number of nitrogens with zero attached hydrogens (tertiary/aromatic N) is 1. The van der Waals surface area contributed by atoms with Crippen molar-refractivity contribution in [3.63, 3.8) is 0 Å². The molecule has 1 rings (SSSR count). The Kier molecular flexibility index (Phi) is 10.2. The monoisotopic (exact) mass is 275 g/mol. The van der Waals surface area contributed by atoms with E-state index in [9.17, 15) is 0 Å². The minimum Gasteiger partial charge on any atom is -1.00 e. The van der Waals surface area contributed by atoms with Crippen LogP contribution in [0.2, 0.25) is 0 Å². The molecule has 0 aromatic carbocycles. The molecular weight excluding hydrogens is 242 g/mol. The molecule has 0 spiro atoms. The van der Waals surface area contributed by atoms with Crippen LogP contribution in [0, 0.1) is 0 Å². The zero-order valence-electron chi connectivity index (χ0n) is 12.9. The van der Waals surface area contributed by atoms with Crippen molar-refractivity contribution in [3.05, 3.63) is 0 Å². The maximum absolute atomic E-state index is 2.45. The van der Waals surface area contributed by atoms with Crippen LogP contribution < -0.4 is 12.4 Å². The van der Waals surface area contributed by atoms with E-state index < -0.39 is 0 Å². The van der Waals surface area contributed by atoms with Gasteiger partial charge in [0.25, 0.3) is 0 Å². The third-order valence-corrected chi connectivity index (χ3v) is 4.80. The summed E-state index contributed by atoms with van der Waals surface area (Å²) in [5.74, 6) is 0. The van der Waals surface area contributed by atoms with Crippen molar-refractivity contribution >= 4 is 0 Å². The fourth-order valence-electron chi connectivity index (χ4n) is 2.94. The first-order valence-electron chi connectivity index (χ1n) is 7.95. The summed E-state index contributed by atoms with van der Waals surface area (Å²) in [5.41, 5.74) is 0. The molecule has 0 aromatic rings. The number of halogens is 1. The van der Waals surface area contributed by atoms with Crippen LogP contribution in [0.5, 0.6) is 0 Å². The second kappa shape index (κ2) is 10.1. The lowest BCUT2D eigenvalue weighted by Crippen LogP contribution is -3.00. The maximum Gasteiger partial charge on any atom is 0.0857 e. The Labute approximate surface area is 121 Å². The normalized spacial score (nSPS) is 27.8. The van der Waals surface area contributed by atoms with Crippen LogP contribution in [0.15, 0.2) is 0 Å². The van der Waals surface area contributed by atoms with Crippen LogP contribution >= 0.6 is 0 Å². The molecule has 0 aromatic heterocycles. The van der Waals surface area contributed by atoms with E-state index in [4.69, 9.17) is 0 Å². The predicted molar refractivity (Wildman–Crippen MR) is 77.2 cm³/mol. The highest BCUT2D eigenvalue weighted by Gasteiger charge is 2.22. The van der Waals surface area contributed by atoms with Crippen molar-refractivity contribution in [3.8, 4) is 0 Å². The molecule has 1 heterocycles. The average Bonchev–Trinajstić information content (AvgIpc) is 2.29. The summed E-state index contributed by atoms with van der Waals surface area (Å²) < 4.78 is 1.24. The molecule has 0 amide bonds. The quantitative estimate of drug-likeness (QED) is 0.591. The minimum atomic E-state index is 0. The van der Waals surface area contributed by atoms with Crippen molar-refractivity contribution in [1.29, 1.82) is 0 Å². The van der Waals surface area contributed by atoms with Gasteiger partial charge in [0.1, 0.15) is 0 Å². The van der Waals surface area contributed by atoms with E-state index in [1.807, 2.05) is 0 Å². The predicted octanol–water partition coefficient (Wildman–Crippen LogP) is 1.76. The molecule has 18 heavy (non-hydrogen) atoms. The third-order valence-electron chi connectivity index (χ3n) is 4.80. The zero-order chi connectivity index (χ0) is 12.6. The lowest BCUT2D eigenvalue weighted by atomic mass is 10.0. The molecule has 1 fully saturated rings. The Morgan fingerprint density at radius 3 is 1.56 bits per heavy atom. The highest BCUT2D eigenvalue weighted by Crippen LogP contribution is 2.18. The molecule has 0 saturated carbocycles. The smallest absolute Gasteiger partial charge is 0.0857 e. The molecule has 1 unspecified atom stereocenters. The van der Waals surface area contributed by atoms with Gasteiger partial charge in [-0.05, 0) is 32.6 Å². The topological polar surface area (TPSA) is 0 Å². The standard InChI is InChI=1S/C16H34N.ClH/c1-16-14-12-10-8-6-4-5-7-9-11-13-15-17(16,2)3;/h16H,4-15H2,1-3H3;1H/q+1;/p-1. The Balaban J connectivity index is 0.00000289. The van der Waals surface area contributed by atoms with Crippen LogP contribution in [0.1, 0.15) is 77.6 Å². The molecule has 1 nitrogen and oxygen atoms in total. The van der Waals surface area contributed by atoms with Gasteiger partial charge in [0, 0.05) is 0 Å². The fraction of sp³-hybridized carbons (Fsp3) is 1.00. The summed E-state index contributed by atoms with van der Waals surface area (Å²) in [6.07, 6.45) is 16.1. The fourth-order valence-corrected chi connectivity index (χ4v) is 2.94. The SMILES string of the molecule is CC1CCCCCCCCCCCC[N+]1(C)C.[Cl-]. The largest absolute Gasteiger partial charge is 1.00 e. The van der Waals surface area contributed by atoms with Gasteiger partial charge in [-0.25, -0.2) is 0 Å². The molecule has 0 N–H and O–H groups in total. The van der Waals surface area contributed by atoms with Crippen molar-refractivity contribution in [2.75, 3.05) is 20.6 Å². The van der Waals surface area contributed by atoms with Crippen molar-refractivity contribution in [2.24, 2.45) is 0 Å². The Bertz CT molecular complexity index is 192. The van der Waals surface area contributed by atoms with Crippen LogP contribution in [0.25, 0.3) is 0 Å². The molecule has 0 radical (unpaired) electrons. The lowest BCUT2D eigenvalue weighted by molar-refractivity contribution is -0.913. The number of rotatable bonds is 0. The second-order valence-corrected chi connectivity index (χ2v) is 6.68. The van der Waals surface area contributed by atoms with E-state index in [1.54, 1.807) is 0 Å². The lowest BCUT2D eigenvalue weighted by Gasteiger charge is -2.36. The van der Waals surface area contributed by atoms with E-state index in [0.29, 0.717) is 0 Å². The molecule has 1 aliphatic heterocycles. The van der Waals surface area contributed by atoms with Gasteiger partial charge < -0.3 is 16.9 Å². The number of quaternary nitrogens is 1. The van der Waals surface area contributed by atoms with Gasteiger partial charge in [-0.3, -0.25) is 0 Å². The number of hydrogen-bond donors (Lipinski definition) is 0. The van der Waals surface area contributed by atoms with Gasteiger partial charge >= 0.3 is 0 Å². The van der Waals surface area contributed by atoms with Crippen LogP contribution in [-0.4, -0.2) is 31.2 Å². The van der Waals surface area contributed by atoms with Crippen molar-refractivity contribution in [2.45, 2.75) is 83.6 Å². The highest BCUT2D eigenvalue weighted by molar-refractivity contribution is 4.55. The second-order valence-electron chi connectivity index (χ2n) is 6.68. The van der Waals surface area contributed by atoms with Crippen molar-refractivity contribution in [1.82, 2.24) is 0 Å². The maximum atomic E-state index is 2.45. The first kappa shape index (κ1) is 18.2. The third kappa shape index (κ3) is 7.63. The number of hydrogen-bond acceptors (Lipinski definition) is 0. The summed E-state index contributed by atoms with van der Waals surface area (Å²) in [6.45, 7) is 3.83. The highest BCUT2D eigenvalue weighted by atomic mass is 35.5. The van der Waals surface area contributed by atoms with E-state index in [2.05, 4.69) is 21.0 Å². The first-order chi connectivity index (χ1) is 8.13. The summed E-state index contributed by atoms with van der Waals surface area (Å²) in [5, 5.41) is 0. The van der Waals surface area contributed by atoms with Gasteiger partial charge in [-0.1, -0.05) is 44.9 Å². The van der Waals surface area contributed by atoms with E-state index >= 15 is 0 Å².